The maximum atomic E-state index is 14.0. The van der Waals surface area contributed by atoms with Gasteiger partial charge in [0.1, 0.15) is 28.9 Å². The minimum absolute atomic E-state index is 0.116. The Morgan fingerprint density at radius 1 is 1.09 bits per heavy atom. The second-order valence-electron chi connectivity index (χ2n) is 8.33. The smallest absolute Gasteiger partial charge is 0.255 e. The number of rotatable bonds is 8. The van der Waals surface area contributed by atoms with Crippen LogP contribution in [0.5, 0.6) is 5.75 Å². The number of carbonyl (C=O) groups is 1. The van der Waals surface area contributed by atoms with Crippen LogP contribution in [0.1, 0.15) is 50.5 Å². The minimum Gasteiger partial charge on any atom is -0.488 e. The highest BCUT2D eigenvalue weighted by Crippen LogP contribution is 2.40. The number of ether oxygens (including phenoxy) is 1. The summed E-state index contributed by atoms with van der Waals surface area (Å²) >= 11 is 1.58. The van der Waals surface area contributed by atoms with Gasteiger partial charge in [0.05, 0.1) is 18.4 Å². The van der Waals surface area contributed by atoms with Crippen molar-refractivity contribution in [1.29, 1.82) is 0 Å². The molecule has 5 rings (SSSR count). The molecule has 0 unspecified atom stereocenters. The zero-order chi connectivity index (χ0) is 24.0. The maximum Gasteiger partial charge on any atom is 0.255 e. The number of nitrogens with zero attached hydrogens (tertiary/aromatic N) is 1. The lowest BCUT2D eigenvalue weighted by atomic mass is 9.95. The molecule has 0 saturated carbocycles. The Labute approximate surface area is 207 Å². The first-order valence-corrected chi connectivity index (χ1v) is 12.4. The normalized spacial score (nSPS) is 13.1. The number of aliphatic imine (C=N–C) groups is 1. The number of hydrogen-bond acceptors (Lipinski definition) is 5. The molecular formula is C28H25FN2O3S. The van der Waals surface area contributed by atoms with Gasteiger partial charge >= 0.3 is 0 Å². The molecule has 5 nitrogen and oxygen atoms in total. The van der Waals surface area contributed by atoms with Gasteiger partial charge in [-0.25, -0.2) is 9.38 Å². The molecule has 2 heterocycles. The Morgan fingerprint density at radius 3 is 2.77 bits per heavy atom. The predicted molar refractivity (Wildman–Crippen MR) is 135 cm³/mol. The third-order valence-electron chi connectivity index (χ3n) is 5.96. The molecule has 1 N–H and O–H groups in total. The van der Waals surface area contributed by atoms with Crippen LogP contribution < -0.4 is 10.1 Å². The van der Waals surface area contributed by atoms with Crippen molar-refractivity contribution in [2.75, 3.05) is 0 Å². The Bertz CT molecular complexity index is 1340. The van der Waals surface area contributed by atoms with Gasteiger partial charge in [0.25, 0.3) is 5.91 Å². The second kappa shape index (κ2) is 10.7. The molecule has 1 aliphatic carbocycles. The molecule has 178 valence electrons. The van der Waals surface area contributed by atoms with Gasteiger partial charge in [-0.3, -0.25) is 4.79 Å². The molecule has 0 saturated heterocycles. The van der Waals surface area contributed by atoms with Gasteiger partial charge in [0.15, 0.2) is 0 Å². The number of furan rings is 1. The van der Waals surface area contributed by atoms with E-state index in [1.807, 2.05) is 30.3 Å². The zero-order valence-corrected chi connectivity index (χ0v) is 19.9. The molecule has 2 aromatic carbocycles. The van der Waals surface area contributed by atoms with Crippen LogP contribution in [0.2, 0.25) is 0 Å². The molecule has 1 amide bonds. The van der Waals surface area contributed by atoms with Crippen LogP contribution in [0.25, 0.3) is 0 Å². The first-order valence-electron chi connectivity index (χ1n) is 11.6. The summed E-state index contributed by atoms with van der Waals surface area (Å²) in [5.41, 5.74) is 3.00. The van der Waals surface area contributed by atoms with E-state index >= 15 is 0 Å². The molecule has 7 heteroatoms. The number of aryl methyl sites for hydroxylation is 1. The van der Waals surface area contributed by atoms with Gasteiger partial charge in [0, 0.05) is 22.2 Å². The van der Waals surface area contributed by atoms with Crippen molar-refractivity contribution >= 4 is 28.5 Å². The van der Waals surface area contributed by atoms with Gasteiger partial charge in [-0.1, -0.05) is 30.3 Å². The molecule has 0 radical (unpaired) electrons. The van der Waals surface area contributed by atoms with Gasteiger partial charge in [-0.15, -0.1) is 11.3 Å². The molecule has 0 aliphatic heterocycles. The van der Waals surface area contributed by atoms with Crippen molar-refractivity contribution in [2.45, 2.75) is 38.8 Å². The van der Waals surface area contributed by atoms with E-state index in [-0.39, 0.29) is 18.3 Å². The van der Waals surface area contributed by atoms with E-state index in [1.165, 1.54) is 10.9 Å². The van der Waals surface area contributed by atoms with Crippen molar-refractivity contribution in [3.63, 3.8) is 0 Å². The van der Waals surface area contributed by atoms with Crippen LogP contribution >= 0.6 is 11.3 Å². The Kier molecular flexibility index (Phi) is 7.04. The number of nitrogens with one attached hydrogen (secondary N) is 1. The van der Waals surface area contributed by atoms with Crippen molar-refractivity contribution in [3.8, 4) is 5.75 Å². The third-order valence-corrected chi connectivity index (χ3v) is 7.16. The largest absolute Gasteiger partial charge is 0.488 e. The van der Waals surface area contributed by atoms with E-state index in [4.69, 9.17) is 14.1 Å². The minimum atomic E-state index is -0.298. The third kappa shape index (κ3) is 5.35. The number of carbonyl (C=O) groups excluding carboxylic acids is 1. The van der Waals surface area contributed by atoms with E-state index in [9.17, 15) is 9.18 Å². The van der Waals surface area contributed by atoms with Gasteiger partial charge < -0.3 is 14.5 Å². The summed E-state index contributed by atoms with van der Waals surface area (Å²) in [4.78, 5) is 19.2. The summed E-state index contributed by atoms with van der Waals surface area (Å²) in [5, 5.41) is 3.66. The Morgan fingerprint density at radius 2 is 1.91 bits per heavy atom. The number of halogens is 1. The topological polar surface area (TPSA) is 63.8 Å². The van der Waals surface area contributed by atoms with Crippen LogP contribution in [-0.2, 0) is 26.0 Å². The summed E-state index contributed by atoms with van der Waals surface area (Å²) in [6.07, 6.45) is 7.35. The Balaban J connectivity index is 1.38. The SMILES string of the molecule is O=C(NCc1ccco1)c1c(N=Cc2ccccc2OCc2ccccc2F)sc2c1CCCC2. The molecular weight excluding hydrogens is 463 g/mol. The summed E-state index contributed by atoms with van der Waals surface area (Å²) in [7, 11) is 0. The second-order valence-corrected chi connectivity index (χ2v) is 9.41. The van der Waals surface area contributed by atoms with Crippen LogP contribution in [0, 0.1) is 5.82 Å². The molecule has 0 atom stereocenters. The van der Waals surface area contributed by atoms with E-state index in [1.54, 1.807) is 48.1 Å². The molecule has 0 fully saturated rings. The van der Waals surface area contributed by atoms with Crippen LogP contribution in [-0.4, -0.2) is 12.1 Å². The molecule has 0 bridgehead atoms. The fraction of sp³-hybridized carbons (Fsp3) is 0.214. The van der Waals surface area contributed by atoms with Crippen LogP contribution in [0.4, 0.5) is 9.39 Å². The lowest BCUT2D eigenvalue weighted by Gasteiger charge is -2.12. The maximum absolute atomic E-state index is 14.0. The van der Waals surface area contributed by atoms with Crippen molar-refractivity contribution in [3.05, 3.63) is 106 Å². The quantitative estimate of drug-likeness (QED) is 0.284. The fourth-order valence-corrected chi connectivity index (χ4v) is 5.39. The van der Waals surface area contributed by atoms with Gasteiger partial charge in [0.2, 0.25) is 0 Å². The van der Waals surface area contributed by atoms with E-state index in [0.717, 1.165) is 36.8 Å². The highest BCUT2D eigenvalue weighted by atomic mass is 32.1. The first kappa shape index (κ1) is 23.1. The summed E-state index contributed by atoms with van der Waals surface area (Å²) < 4.78 is 25.3. The number of hydrogen-bond donors (Lipinski definition) is 1. The number of fused-ring (bicyclic) bond motifs is 1. The lowest BCUT2D eigenvalue weighted by Crippen LogP contribution is -2.23. The van der Waals surface area contributed by atoms with Gasteiger partial charge in [-0.05, 0) is 61.6 Å². The van der Waals surface area contributed by atoms with Crippen LogP contribution in [0.3, 0.4) is 0 Å². The molecule has 35 heavy (non-hydrogen) atoms. The molecule has 2 aromatic heterocycles. The average molecular weight is 489 g/mol. The zero-order valence-electron chi connectivity index (χ0n) is 19.1. The lowest BCUT2D eigenvalue weighted by molar-refractivity contribution is 0.0948. The number of amides is 1. The van der Waals surface area contributed by atoms with E-state index in [0.29, 0.717) is 34.2 Å². The highest BCUT2D eigenvalue weighted by molar-refractivity contribution is 7.16. The Hall–Kier alpha value is -3.71. The van der Waals surface area contributed by atoms with Gasteiger partial charge in [-0.2, -0.15) is 0 Å². The highest BCUT2D eigenvalue weighted by Gasteiger charge is 2.25. The van der Waals surface area contributed by atoms with Crippen LogP contribution in [0.15, 0.2) is 76.3 Å². The number of para-hydroxylation sites is 1. The summed E-state index contributed by atoms with van der Waals surface area (Å²) in [5.74, 6) is 0.864. The van der Waals surface area contributed by atoms with Crippen molar-refractivity contribution < 1.29 is 18.3 Å². The van der Waals surface area contributed by atoms with E-state index < -0.39 is 0 Å². The van der Waals surface area contributed by atoms with Crippen molar-refractivity contribution in [1.82, 2.24) is 5.32 Å². The average Bonchev–Trinajstić information content (AvgIpc) is 3.54. The monoisotopic (exact) mass is 488 g/mol. The van der Waals surface area contributed by atoms with E-state index in [2.05, 4.69) is 5.32 Å². The number of benzene rings is 2. The molecule has 0 spiro atoms. The summed E-state index contributed by atoms with van der Waals surface area (Å²) in [6, 6.07) is 17.7. The fourth-order valence-electron chi connectivity index (χ4n) is 4.16. The predicted octanol–water partition coefficient (Wildman–Crippen LogP) is 6.62. The van der Waals surface area contributed by atoms with Crippen molar-refractivity contribution in [2.24, 2.45) is 4.99 Å². The molecule has 4 aromatic rings. The standard InChI is InChI=1S/C28H25FN2O3S/c29-23-12-4-1-9-20(23)18-34-24-13-5-2-8-19(24)16-31-28-26(22-11-3-6-14-25(22)35-28)27(32)30-17-21-10-7-15-33-21/h1-2,4-5,7-10,12-13,15-16H,3,6,11,14,17-18H2,(H,30,32). The molecule has 1 aliphatic rings. The first-order chi connectivity index (χ1) is 17.2. The number of thiophene rings is 1. The summed E-state index contributed by atoms with van der Waals surface area (Å²) in [6.45, 7) is 0.442.